The molecule has 0 heterocycles. The van der Waals surface area contributed by atoms with Gasteiger partial charge in [0.1, 0.15) is 0 Å². The predicted molar refractivity (Wildman–Crippen MR) is 85.7 cm³/mol. The van der Waals surface area contributed by atoms with Crippen LogP contribution < -0.4 is 0 Å². The largest absolute Gasteiger partial charge is 0.0767 e. The van der Waals surface area contributed by atoms with Gasteiger partial charge in [-0.3, -0.25) is 0 Å². The maximum Gasteiger partial charge on any atom is 0.0175 e. The van der Waals surface area contributed by atoms with Gasteiger partial charge in [-0.15, -0.1) is 0 Å². The summed E-state index contributed by atoms with van der Waals surface area (Å²) >= 11 is 6.89. The number of hydrogen-bond acceptors (Lipinski definition) is 0. The van der Waals surface area contributed by atoms with Crippen molar-refractivity contribution in [2.75, 3.05) is 0 Å². The van der Waals surface area contributed by atoms with Crippen LogP contribution in [0.15, 0.2) is 63.6 Å². The van der Waals surface area contributed by atoms with E-state index in [2.05, 4.69) is 99.5 Å². The van der Waals surface area contributed by atoms with Crippen molar-refractivity contribution in [2.24, 2.45) is 0 Å². The molecule has 0 aromatic heterocycles. The van der Waals surface area contributed by atoms with Crippen LogP contribution >= 0.6 is 31.9 Å². The second kappa shape index (κ2) is 6.35. The molecule has 0 unspecified atom stereocenters. The molecule has 0 saturated heterocycles. The topological polar surface area (TPSA) is 0 Å². The zero-order valence-corrected chi connectivity index (χ0v) is 13.3. The Kier molecular flexibility index (Phi) is 4.79. The van der Waals surface area contributed by atoms with E-state index >= 15 is 0 Å². The van der Waals surface area contributed by atoms with Crippen LogP contribution in [0.25, 0.3) is 6.08 Å². The Morgan fingerprint density at radius 2 is 1.33 bits per heavy atom. The van der Waals surface area contributed by atoms with Crippen molar-refractivity contribution in [3.05, 3.63) is 74.7 Å². The highest BCUT2D eigenvalue weighted by atomic mass is 79.9. The second-order valence-electron chi connectivity index (χ2n) is 4.25. The fourth-order valence-electron chi connectivity index (χ4n) is 1.71. The Hall–Kier alpha value is -0.860. The zero-order chi connectivity index (χ0) is 13.0. The van der Waals surface area contributed by atoms with E-state index < -0.39 is 0 Å². The molecule has 18 heavy (non-hydrogen) atoms. The van der Waals surface area contributed by atoms with E-state index in [9.17, 15) is 0 Å². The third-order valence-electron chi connectivity index (χ3n) is 2.84. The highest BCUT2D eigenvalue weighted by molar-refractivity contribution is 9.10. The summed E-state index contributed by atoms with van der Waals surface area (Å²) in [6, 6.07) is 16.8. The standard InChI is InChI=1S/C16H14Br2/c1-12(14-6-10-16(18)11-7-14)2-3-13-4-8-15(17)9-5-13/h2-12H,1H3/b3-2-/t12-/m1/s1. The Bertz CT molecular complexity index is 524. The zero-order valence-electron chi connectivity index (χ0n) is 10.1. The van der Waals surface area contributed by atoms with Gasteiger partial charge in [-0.05, 0) is 41.3 Å². The van der Waals surface area contributed by atoms with E-state index in [0.29, 0.717) is 5.92 Å². The Balaban J connectivity index is 2.08. The number of benzene rings is 2. The number of allylic oxidation sites excluding steroid dienone is 1. The molecule has 0 aliphatic carbocycles. The molecule has 0 N–H and O–H groups in total. The number of rotatable bonds is 3. The van der Waals surface area contributed by atoms with E-state index in [1.54, 1.807) is 0 Å². The van der Waals surface area contributed by atoms with Crippen molar-refractivity contribution >= 4 is 37.9 Å². The summed E-state index contributed by atoms with van der Waals surface area (Å²) in [5, 5.41) is 0. The van der Waals surface area contributed by atoms with Gasteiger partial charge in [0, 0.05) is 8.95 Å². The third kappa shape index (κ3) is 3.82. The molecule has 0 aliphatic rings. The Morgan fingerprint density at radius 3 is 1.89 bits per heavy atom. The molecule has 92 valence electrons. The van der Waals surface area contributed by atoms with Gasteiger partial charge < -0.3 is 0 Å². The molecule has 0 saturated carbocycles. The summed E-state index contributed by atoms with van der Waals surface area (Å²) in [5.41, 5.74) is 2.55. The molecule has 0 bridgehead atoms. The van der Waals surface area contributed by atoms with Gasteiger partial charge in [-0.1, -0.05) is 75.2 Å². The van der Waals surface area contributed by atoms with Crippen molar-refractivity contribution in [3.8, 4) is 0 Å². The SMILES string of the molecule is C[C@H](/C=C\c1ccc(Br)cc1)c1ccc(Br)cc1. The smallest absolute Gasteiger partial charge is 0.0175 e. The molecule has 0 spiro atoms. The van der Waals surface area contributed by atoms with Gasteiger partial charge in [0.15, 0.2) is 0 Å². The minimum absolute atomic E-state index is 0.418. The first-order valence-electron chi connectivity index (χ1n) is 5.84. The molecule has 2 aromatic rings. The molecular formula is C16H14Br2. The average molecular weight is 366 g/mol. The van der Waals surface area contributed by atoms with Gasteiger partial charge >= 0.3 is 0 Å². The highest BCUT2D eigenvalue weighted by Crippen LogP contribution is 2.21. The maximum absolute atomic E-state index is 3.45. The van der Waals surface area contributed by atoms with Crippen LogP contribution in [0.3, 0.4) is 0 Å². The summed E-state index contributed by atoms with van der Waals surface area (Å²) in [4.78, 5) is 0. The minimum Gasteiger partial charge on any atom is -0.0767 e. The van der Waals surface area contributed by atoms with Crippen LogP contribution in [0.2, 0.25) is 0 Å². The predicted octanol–water partition coefficient (Wildman–Crippen LogP) is 6.03. The van der Waals surface area contributed by atoms with Crippen LogP contribution in [0.5, 0.6) is 0 Å². The van der Waals surface area contributed by atoms with E-state index in [1.165, 1.54) is 11.1 Å². The van der Waals surface area contributed by atoms with E-state index in [-0.39, 0.29) is 0 Å². The lowest BCUT2D eigenvalue weighted by Gasteiger charge is -2.06. The van der Waals surface area contributed by atoms with Gasteiger partial charge in [-0.25, -0.2) is 0 Å². The Morgan fingerprint density at radius 1 is 0.833 bits per heavy atom. The van der Waals surface area contributed by atoms with Crippen LogP contribution in [-0.2, 0) is 0 Å². The molecule has 1 atom stereocenters. The number of hydrogen-bond donors (Lipinski definition) is 0. The fraction of sp³-hybridized carbons (Fsp3) is 0.125. The van der Waals surface area contributed by atoms with Crippen molar-refractivity contribution in [1.82, 2.24) is 0 Å². The third-order valence-corrected chi connectivity index (χ3v) is 3.90. The van der Waals surface area contributed by atoms with Crippen LogP contribution in [0.4, 0.5) is 0 Å². The van der Waals surface area contributed by atoms with E-state index in [1.807, 2.05) is 0 Å². The monoisotopic (exact) mass is 364 g/mol. The van der Waals surface area contributed by atoms with Crippen molar-refractivity contribution in [1.29, 1.82) is 0 Å². The lowest BCUT2D eigenvalue weighted by Crippen LogP contribution is -1.88. The lowest BCUT2D eigenvalue weighted by atomic mass is 10.00. The fourth-order valence-corrected chi connectivity index (χ4v) is 2.24. The van der Waals surface area contributed by atoms with E-state index in [0.717, 1.165) is 8.95 Å². The van der Waals surface area contributed by atoms with Crippen LogP contribution in [0.1, 0.15) is 24.0 Å². The first kappa shape index (κ1) is 13.6. The first-order valence-corrected chi connectivity index (χ1v) is 7.43. The molecule has 2 rings (SSSR count). The normalized spacial score (nSPS) is 12.8. The molecule has 0 amide bonds. The first-order chi connectivity index (χ1) is 8.65. The molecule has 0 aliphatic heterocycles. The minimum atomic E-state index is 0.418. The van der Waals surface area contributed by atoms with E-state index in [4.69, 9.17) is 0 Å². The maximum atomic E-state index is 3.45. The highest BCUT2D eigenvalue weighted by Gasteiger charge is 2.00. The quantitative estimate of drug-likeness (QED) is 0.623. The van der Waals surface area contributed by atoms with Gasteiger partial charge in [-0.2, -0.15) is 0 Å². The lowest BCUT2D eigenvalue weighted by molar-refractivity contribution is 0.972. The van der Waals surface area contributed by atoms with Gasteiger partial charge in [0.2, 0.25) is 0 Å². The average Bonchev–Trinajstić information content (AvgIpc) is 2.38. The van der Waals surface area contributed by atoms with Crippen molar-refractivity contribution in [2.45, 2.75) is 12.8 Å². The van der Waals surface area contributed by atoms with Crippen LogP contribution in [-0.4, -0.2) is 0 Å². The molecule has 2 heteroatoms. The summed E-state index contributed by atoms with van der Waals surface area (Å²) in [6.45, 7) is 2.21. The summed E-state index contributed by atoms with van der Waals surface area (Å²) in [6.07, 6.45) is 4.39. The number of halogens is 2. The molecule has 0 nitrogen and oxygen atoms in total. The molecular weight excluding hydrogens is 352 g/mol. The van der Waals surface area contributed by atoms with Crippen LogP contribution in [0, 0.1) is 0 Å². The summed E-state index contributed by atoms with van der Waals surface area (Å²) < 4.78 is 2.23. The van der Waals surface area contributed by atoms with Gasteiger partial charge in [0.25, 0.3) is 0 Å². The second-order valence-corrected chi connectivity index (χ2v) is 6.08. The molecule has 0 fully saturated rings. The summed E-state index contributed by atoms with van der Waals surface area (Å²) in [5.74, 6) is 0.418. The van der Waals surface area contributed by atoms with Crippen molar-refractivity contribution in [3.63, 3.8) is 0 Å². The van der Waals surface area contributed by atoms with Gasteiger partial charge in [0.05, 0.1) is 0 Å². The molecule has 0 radical (unpaired) electrons. The Labute approximate surface area is 125 Å². The molecule has 2 aromatic carbocycles. The summed E-state index contributed by atoms with van der Waals surface area (Å²) in [7, 11) is 0. The van der Waals surface area contributed by atoms with Crippen molar-refractivity contribution < 1.29 is 0 Å².